The van der Waals surface area contributed by atoms with Crippen LogP contribution in [-0.4, -0.2) is 25.1 Å². The number of esters is 1. The van der Waals surface area contributed by atoms with Gasteiger partial charge in [-0.25, -0.2) is 4.79 Å². The second kappa shape index (κ2) is 7.77. The van der Waals surface area contributed by atoms with Crippen LogP contribution in [-0.2, 0) is 0 Å². The number of methoxy groups -OCH3 is 2. The Hall–Kier alpha value is -3.35. The van der Waals surface area contributed by atoms with Gasteiger partial charge < -0.3 is 14.2 Å². The summed E-state index contributed by atoms with van der Waals surface area (Å²) in [7, 11) is 2.95. The molecular formula is C17H15NO6. The maximum Gasteiger partial charge on any atom is 0.343 e. The number of hydrogen-bond acceptors (Lipinski definition) is 6. The van der Waals surface area contributed by atoms with Gasteiger partial charge in [-0.15, -0.1) is 0 Å². The average molecular weight is 329 g/mol. The Kier molecular flexibility index (Phi) is 5.51. The molecule has 0 amide bonds. The topological polar surface area (TPSA) is 87.9 Å². The van der Waals surface area contributed by atoms with Gasteiger partial charge in [-0.1, -0.05) is 6.07 Å². The fourth-order valence-electron chi connectivity index (χ4n) is 1.90. The summed E-state index contributed by atoms with van der Waals surface area (Å²) >= 11 is 0. The molecule has 0 heterocycles. The van der Waals surface area contributed by atoms with E-state index in [9.17, 15) is 14.9 Å². The molecule has 0 bridgehead atoms. The van der Waals surface area contributed by atoms with Crippen LogP contribution in [0.15, 0.2) is 48.7 Å². The molecule has 0 aliphatic heterocycles. The highest BCUT2D eigenvalue weighted by Crippen LogP contribution is 2.29. The normalized spacial score (nSPS) is 10.4. The van der Waals surface area contributed by atoms with Crippen LogP contribution in [0, 0.1) is 10.1 Å². The minimum absolute atomic E-state index is 0.219. The van der Waals surface area contributed by atoms with Crippen molar-refractivity contribution in [3.05, 3.63) is 69.9 Å². The maximum atomic E-state index is 12.2. The third-order valence-electron chi connectivity index (χ3n) is 3.10. The van der Waals surface area contributed by atoms with Gasteiger partial charge in [0, 0.05) is 6.08 Å². The number of nitrogens with zero attached hydrogens (tertiary/aromatic N) is 1. The lowest BCUT2D eigenvalue weighted by Gasteiger charge is -2.10. The number of rotatable bonds is 6. The van der Waals surface area contributed by atoms with Gasteiger partial charge >= 0.3 is 5.97 Å². The second-order valence-electron chi connectivity index (χ2n) is 4.63. The lowest BCUT2D eigenvalue weighted by Crippen LogP contribution is -2.09. The summed E-state index contributed by atoms with van der Waals surface area (Å²) in [4.78, 5) is 21.9. The molecular weight excluding hydrogens is 314 g/mol. The molecule has 0 unspecified atom stereocenters. The largest absolute Gasteiger partial charge is 0.497 e. The molecule has 0 fully saturated rings. The van der Waals surface area contributed by atoms with Crippen molar-refractivity contribution in [3.8, 4) is 17.2 Å². The van der Waals surface area contributed by atoms with Crippen LogP contribution in [0.3, 0.4) is 0 Å². The van der Waals surface area contributed by atoms with E-state index < -0.39 is 10.9 Å². The zero-order valence-corrected chi connectivity index (χ0v) is 13.1. The number of ether oxygens (including phenoxy) is 3. The highest BCUT2D eigenvalue weighted by Gasteiger charge is 2.13. The highest BCUT2D eigenvalue weighted by atomic mass is 16.6. The second-order valence-corrected chi connectivity index (χ2v) is 4.63. The van der Waals surface area contributed by atoms with Gasteiger partial charge in [-0.05, 0) is 42.0 Å². The van der Waals surface area contributed by atoms with Crippen molar-refractivity contribution in [1.29, 1.82) is 0 Å². The Morgan fingerprint density at radius 2 is 1.75 bits per heavy atom. The molecule has 2 rings (SSSR count). The maximum absolute atomic E-state index is 12.2. The van der Waals surface area contributed by atoms with E-state index in [2.05, 4.69) is 0 Å². The van der Waals surface area contributed by atoms with Gasteiger partial charge in [0.1, 0.15) is 5.75 Å². The molecule has 2 aromatic rings. The monoisotopic (exact) mass is 329 g/mol. The van der Waals surface area contributed by atoms with Crippen molar-refractivity contribution in [2.24, 2.45) is 0 Å². The number of carbonyl (C=O) groups is 1. The van der Waals surface area contributed by atoms with Crippen LogP contribution in [0.4, 0.5) is 0 Å². The van der Waals surface area contributed by atoms with E-state index in [-0.39, 0.29) is 5.75 Å². The Balaban J connectivity index is 2.18. The van der Waals surface area contributed by atoms with Gasteiger partial charge in [0.05, 0.1) is 24.7 Å². The summed E-state index contributed by atoms with van der Waals surface area (Å²) in [5.74, 6) is 0.592. The van der Waals surface area contributed by atoms with E-state index in [4.69, 9.17) is 14.2 Å². The van der Waals surface area contributed by atoms with Crippen LogP contribution in [0.25, 0.3) is 6.08 Å². The molecule has 0 saturated carbocycles. The fraction of sp³-hybridized carbons (Fsp3) is 0.118. The summed E-state index contributed by atoms with van der Waals surface area (Å²) in [5.41, 5.74) is 0.906. The molecule has 0 saturated heterocycles. The molecule has 7 heteroatoms. The molecule has 0 atom stereocenters. The van der Waals surface area contributed by atoms with Gasteiger partial charge in [-0.2, -0.15) is 0 Å². The molecule has 0 N–H and O–H groups in total. The molecule has 0 aliphatic carbocycles. The van der Waals surface area contributed by atoms with Crippen LogP contribution in [0.5, 0.6) is 17.2 Å². The fourth-order valence-corrected chi connectivity index (χ4v) is 1.90. The quantitative estimate of drug-likeness (QED) is 0.350. The first-order chi connectivity index (χ1) is 11.5. The zero-order valence-electron chi connectivity index (χ0n) is 13.1. The predicted octanol–water partition coefficient (Wildman–Crippen LogP) is 3.17. The van der Waals surface area contributed by atoms with Crippen molar-refractivity contribution in [2.45, 2.75) is 0 Å². The molecule has 24 heavy (non-hydrogen) atoms. The molecule has 7 nitrogen and oxygen atoms in total. The average Bonchev–Trinajstić information content (AvgIpc) is 2.60. The van der Waals surface area contributed by atoms with E-state index >= 15 is 0 Å². The SMILES string of the molecule is COc1ccc(C(=O)Oc2ccc(/C=C\[N+](=O)[O-])cc2OC)cc1. The van der Waals surface area contributed by atoms with Gasteiger partial charge in [0.2, 0.25) is 6.20 Å². The summed E-state index contributed by atoms with van der Waals surface area (Å²) < 4.78 is 15.5. The van der Waals surface area contributed by atoms with Crippen molar-refractivity contribution in [1.82, 2.24) is 0 Å². The van der Waals surface area contributed by atoms with Gasteiger partial charge in [0.25, 0.3) is 0 Å². The van der Waals surface area contributed by atoms with Crippen LogP contribution in [0.1, 0.15) is 15.9 Å². The van der Waals surface area contributed by atoms with Gasteiger partial charge in [0.15, 0.2) is 11.5 Å². The van der Waals surface area contributed by atoms with Crippen molar-refractivity contribution in [3.63, 3.8) is 0 Å². The molecule has 124 valence electrons. The predicted molar refractivity (Wildman–Crippen MR) is 87.0 cm³/mol. The number of benzene rings is 2. The summed E-state index contributed by atoms with van der Waals surface area (Å²) in [6, 6.07) is 11.1. The Morgan fingerprint density at radius 1 is 1.04 bits per heavy atom. The van der Waals surface area contributed by atoms with Crippen LogP contribution >= 0.6 is 0 Å². The molecule has 2 aromatic carbocycles. The minimum atomic E-state index is -0.565. The highest BCUT2D eigenvalue weighted by molar-refractivity contribution is 5.91. The first-order valence-corrected chi connectivity index (χ1v) is 6.89. The summed E-state index contributed by atoms with van der Waals surface area (Å²) in [5, 5.41) is 10.4. The molecule has 0 aliphatic rings. The van der Waals surface area contributed by atoms with E-state index in [0.29, 0.717) is 22.6 Å². The smallest absolute Gasteiger partial charge is 0.343 e. The standard InChI is InChI=1S/C17H15NO6/c1-22-14-6-4-13(5-7-14)17(19)24-15-8-3-12(9-10-18(20)21)11-16(15)23-2/h3-11H,1-2H3/b10-9-. The third kappa shape index (κ3) is 4.33. The van der Waals surface area contributed by atoms with Gasteiger partial charge in [-0.3, -0.25) is 10.1 Å². The molecule has 0 aromatic heterocycles. The van der Waals surface area contributed by atoms with E-state index in [0.717, 1.165) is 6.20 Å². The molecule has 0 spiro atoms. The minimum Gasteiger partial charge on any atom is -0.497 e. The number of hydrogen-bond donors (Lipinski definition) is 0. The lowest BCUT2D eigenvalue weighted by atomic mass is 10.2. The summed E-state index contributed by atoms with van der Waals surface area (Å²) in [6.07, 6.45) is 2.13. The van der Waals surface area contributed by atoms with Crippen molar-refractivity contribution >= 4 is 12.0 Å². The zero-order chi connectivity index (χ0) is 17.5. The van der Waals surface area contributed by atoms with Crippen LogP contribution < -0.4 is 14.2 Å². The van der Waals surface area contributed by atoms with Crippen molar-refractivity contribution < 1.29 is 23.9 Å². The van der Waals surface area contributed by atoms with E-state index in [1.54, 1.807) is 30.3 Å². The Morgan fingerprint density at radius 3 is 2.33 bits per heavy atom. The number of carbonyl (C=O) groups excluding carboxylic acids is 1. The van der Waals surface area contributed by atoms with Crippen molar-refractivity contribution in [2.75, 3.05) is 14.2 Å². The number of nitro groups is 1. The van der Waals surface area contributed by atoms with Crippen LogP contribution in [0.2, 0.25) is 0 Å². The first kappa shape index (κ1) is 17.0. The Bertz CT molecular complexity index is 767. The summed E-state index contributed by atoms with van der Waals surface area (Å²) in [6.45, 7) is 0. The van der Waals surface area contributed by atoms with E-state index in [1.165, 1.54) is 32.4 Å². The molecule has 0 radical (unpaired) electrons. The Labute approximate surface area is 138 Å². The van der Waals surface area contributed by atoms with E-state index in [1.807, 2.05) is 0 Å². The lowest BCUT2D eigenvalue weighted by molar-refractivity contribution is -0.400. The first-order valence-electron chi connectivity index (χ1n) is 6.89. The third-order valence-corrected chi connectivity index (χ3v) is 3.10.